The molecule has 0 aromatic heterocycles. The van der Waals surface area contributed by atoms with Crippen LogP contribution < -0.4 is 11.1 Å². The van der Waals surface area contributed by atoms with E-state index in [0.29, 0.717) is 10.5 Å². The minimum absolute atomic E-state index is 0.109. The zero-order chi connectivity index (χ0) is 15.6. The van der Waals surface area contributed by atoms with Crippen LogP contribution in [-0.2, 0) is 6.54 Å². The van der Waals surface area contributed by atoms with Gasteiger partial charge in [-0.15, -0.1) is 0 Å². The number of carbonyl (C=O) groups excluding carboxylic acids is 1. The molecule has 0 aliphatic rings. The third-order valence-corrected chi connectivity index (χ3v) is 3.28. The molecule has 0 unspecified atom stereocenters. The van der Waals surface area contributed by atoms with E-state index >= 15 is 0 Å². The molecule has 0 saturated carbocycles. The summed E-state index contributed by atoms with van der Waals surface area (Å²) in [6.45, 7) is -0.109. The molecule has 0 aliphatic heterocycles. The lowest BCUT2D eigenvalue weighted by Crippen LogP contribution is -2.24. The largest absolute Gasteiger partial charge is 0.398 e. The summed E-state index contributed by atoms with van der Waals surface area (Å²) >= 11 is 3.19. The van der Waals surface area contributed by atoms with E-state index in [1.807, 2.05) is 0 Å². The molecule has 3 nitrogen and oxygen atoms in total. The standard InChI is InChI=1S/C14H10BrF3N2O/c15-8-1-2-10(16)7(3-8)6-20-14(21)9-4-11(17)12(18)5-13(9)19/h1-5H,6,19H2,(H,20,21). The highest BCUT2D eigenvalue weighted by atomic mass is 79.9. The molecule has 0 saturated heterocycles. The molecule has 1 amide bonds. The minimum atomic E-state index is -1.18. The lowest BCUT2D eigenvalue weighted by Gasteiger charge is -2.09. The Bertz CT molecular complexity index is 707. The number of benzene rings is 2. The highest BCUT2D eigenvalue weighted by Crippen LogP contribution is 2.18. The van der Waals surface area contributed by atoms with Gasteiger partial charge in [-0.3, -0.25) is 4.79 Å². The average Bonchev–Trinajstić information content (AvgIpc) is 2.43. The first kappa shape index (κ1) is 15.4. The van der Waals surface area contributed by atoms with Crippen LogP contribution in [0.4, 0.5) is 18.9 Å². The molecule has 0 heterocycles. The fraction of sp³-hybridized carbons (Fsp3) is 0.0714. The van der Waals surface area contributed by atoms with Crippen molar-refractivity contribution in [1.82, 2.24) is 5.32 Å². The molecule has 0 fully saturated rings. The van der Waals surface area contributed by atoms with Crippen molar-refractivity contribution in [2.24, 2.45) is 0 Å². The molecule has 110 valence electrons. The van der Waals surface area contributed by atoms with Crippen molar-refractivity contribution in [3.63, 3.8) is 0 Å². The summed E-state index contributed by atoms with van der Waals surface area (Å²) in [6, 6.07) is 5.71. The lowest BCUT2D eigenvalue weighted by molar-refractivity contribution is 0.0951. The Kier molecular flexibility index (Phi) is 4.52. The first-order chi connectivity index (χ1) is 9.88. The maximum Gasteiger partial charge on any atom is 0.253 e. The van der Waals surface area contributed by atoms with Crippen LogP contribution in [0.25, 0.3) is 0 Å². The van der Waals surface area contributed by atoms with Crippen molar-refractivity contribution in [2.75, 3.05) is 5.73 Å². The first-order valence-electron chi connectivity index (χ1n) is 5.85. The molecule has 7 heteroatoms. The molecule has 0 spiro atoms. The first-order valence-corrected chi connectivity index (χ1v) is 6.64. The molecule has 0 bridgehead atoms. The van der Waals surface area contributed by atoms with Gasteiger partial charge in [0.15, 0.2) is 11.6 Å². The smallest absolute Gasteiger partial charge is 0.253 e. The summed E-state index contributed by atoms with van der Waals surface area (Å²) in [5, 5.41) is 2.40. The fourth-order valence-electron chi connectivity index (χ4n) is 1.71. The van der Waals surface area contributed by atoms with Gasteiger partial charge in [0, 0.05) is 28.3 Å². The lowest BCUT2D eigenvalue weighted by atomic mass is 10.1. The van der Waals surface area contributed by atoms with Crippen molar-refractivity contribution >= 4 is 27.5 Å². The van der Waals surface area contributed by atoms with Gasteiger partial charge in [-0.1, -0.05) is 15.9 Å². The van der Waals surface area contributed by atoms with Crippen LogP contribution in [0.15, 0.2) is 34.8 Å². The number of hydrogen-bond acceptors (Lipinski definition) is 2. The Morgan fingerprint density at radius 2 is 1.76 bits per heavy atom. The van der Waals surface area contributed by atoms with Crippen molar-refractivity contribution in [1.29, 1.82) is 0 Å². The van der Waals surface area contributed by atoms with E-state index < -0.39 is 23.4 Å². The number of nitrogens with one attached hydrogen (secondary N) is 1. The van der Waals surface area contributed by atoms with Gasteiger partial charge < -0.3 is 11.1 Å². The van der Waals surface area contributed by atoms with E-state index in [1.165, 1.54) is 18.2 Å². The summed E-state index contributed by atoms with van der Waals surface area (Å²) in [4.78, 5) is 11.9. The maximum absolute atomic E-state index is 13.5. The number of nitrogens with two attached hydrogens (primary N) is 1. The summed E-state index contributed by atoms with van der Waals surface area (Å²) in [5.41, 5.74) is 5.32. The quantitative estimate of drug-likeness (QED) is 0.826. The van der Waals surface area contributed by atoms with E-state index in [9.17, 15) is 18.0 Å². The Morgan fingerprint density at radius 1 is 1.10 bits per heavy atom. The van der Waals surface area contributed by atoms with Gasteiger partial charge in [0.1, 0.15) is 5.82 Å². The number of anilines is 1. The molecule has 2 rings (SSSR count). The predicted octanol–water partition coefficient (Wildman–Crippen LogP) is 3.38. The Morgan fingerprint density at radius 3 is 2.48 bits per heavy atom. The second kappa shape index (κ2) is 6.17. The summed E-state index contributed by atoms with van der Waals surface area (Å²) in [6.07, 6.45) is 0. The molecule has 0 aliphatic carbocycles. The molecule has 3 N–H and O–H groups in total. The topological polar surface area (TPSA) is 55.1 Å². The van der Waals surface area contributed by atoms with Crippen LogP contribution in [-0.4, -0.2) is 5.91 Å². The molecule has 2 aromatic carbocycles. The van der Waals surface area contributed by atoms with Gasteiger partial charge in [-0.2, -0.15) is 0 Å². The van der Waals surface area contributed by atoms with Gasteiger partial charge in [0.2, 0.25) is 0 Å². The van der Waals surface area contributed by atoms with Crippen LogP contribution >= 0.6 is 15.9 Å². The third kappa shape index (κ3) is 3.55. The number of hydrogen-bond donors (Lipinski definition) is 2. The van der Waals surface area contributed by atoms with Gasteiger partial charge in [0.25, 0.3) is 5.91 Å². The number of halogens is 4. The van der Waals surface area contributed by atoms with E-state index in [2.05, 4.69) is 21.2 Å². The number of carbonyl (C=O) groups is 1. The SMILES string of the molecule is Nc1cc(F)c(F)cc1C(=O)NCc1cc(Br)ccc1F. The van der Waals surface area contributed by atoms with Gasteiger partial charge in [0.05, 0.1) is 5.56 Å². The highest BCUT2D eigenvalue weighted by molar-refractivity contribution is 9.10. The third-order valence-electron chi connectivity index (χ3n) is 2.78. The second-order valence-electron chi connectivity index (χ2n) is 4.27. The zero-order valence-corrected chi connectivity index (χ0v) is 12.2. The summed E-state index contributed by atoms with van der Waals surface area (Å²) in [7, 11) is 0. The number of rotatable bonds is 3. The van der Waals surface area contributed by atoms with Crippen molar-refractivity contribution in [3.8, 4) is 0 Å². The molecule has 0 atom stereocenters. The Balaban J connectivity index is 2.15. The molecular formula is C14H10BrF3N2O. The molecule has 2 aromatic rings. The van der Waals surface area contributed by atoms with Gasteiger partial charge in [-0.05, 0) is 24.3 Å². The van der Waals surface area contributed by atoms with E-state index in [1.54, 1.807) is 0 Å². The molecule has 21 heavy (non-hydrogen) atoms. The monoisotopic (exact) mass is 358 g/mol. The van der Waals surface area contributed by atoms with E-state index in [4.69, 9.17) is 5.73 Å². The normalized spacial score (nSPS) is 10.5. The number of amides is 1. The van der Waals surface area contributed by atoms with Crippen molar-refractivity contribution < 1.29 is 18.0 Å². The molecular weight excluding hydrogens is 349 g/mol. The van der Waals surface area contributed by atoms with Gasteiger partial charge >= 0.3 is 0 Å². The van der Waals surface area contributed by atoms with Gasteiger partial charge in [-0.25, -0.2) is 13.2 Å². The predicted molar refractivity (Wildman–Crippen MR) is 76.0 cm³/mol. The van der Waals surface area contributed by atoms with Crippen molar-refractivity contribution in [2.45, 2.75) is 6.54 Å². The Labute approximate surface area is 127 Å². The highest BCUT2D eigenvalue weighted by Gasteiger charge is 2.14. The Hall–Kier alpha value is -2.02. The van der Waals surface area contributed by atoms with Crippen LogP contribution in [0.3, 0.4) is 0 Å². The second-order valence-corrected chi connectivity index (χ2v) is 5.19. The molecule has 0 radical (unpaired) electrons. The summed E-state index contributed by atoms with van der Waals surface area (Å²) < 4.78 is 40.2. The van der Waals surface area contributed by atoms with Crippen LogP contribution in [0.2, 0.25) is 0 Å². The van der Waals surface area contributed by atoms with Crippen LogP contribution in [0.5, 0.6) is 0 Å². The van der Waals surface area contributed by atoms with Crippen molar-refractivity contribution in [3.05, 3.63) is 63.4 Å². The summed E-state index contributed by atoms with van der Waals surface area (Å²) in [5.74, 6) is -3.52. The maximum atomic E-state index is 13.5. The average molecular weight is 359 g/mol. The fourth-order valence-corrected chi connectivity index (χ4v) is 2.12. The van der Waals surface area contributed by atoms with E-state index in [-0.39, 0.29) is 23.4 Å². The zero-order valence-electron chi connectivity index (χ0n) is 10.6. The van der Waals surface area contributed by atoms with Crippen LogP contribution in [0.1, 0.15) is 15.9 Å². The number of nitrogen functional groups attached to an aromatic ring is 1. The van der Waals surface area contributed by atoms with Crippen LogP contribution in [0, 0.1) is 17.5 Å². The minimum Gasteiger partial charge on any atom is -0.398 e. The van der Waals surface area contributed by atoms with E-state index in [0.717, 1.165) is 6.07 Å².